The van der Waals surface area contributed by atoms with Gasteiger partial charge in [0, 0.05) is 49.0 Å². The van der Waals surface area contributed by atoms with Gasteiger partial charge in [0.05, 0.1) is 0 Å². The molecule has 1 atom stereocenters. The summed E-state index contributed by atoms with van der Waals surface area (Å²) in [5.74, 6) is -0.111. The van der Waals surface area contributed by atoms with E-state index in [-0.39, 0.29) is 17.9 Å². The molecule has 2 aromatic carbocycles. The van der Waals surface area contributed by atoms with Crippen LogP contribution in [0.25, 0.3) is 0 Å². The number of rotatable bonds is 3. The standard InChI is InChI=1S/C22H23N3O3/c1-16-14-19-4-2-3-5-20(19)25(16)22(28)18-8-6-17(7-9-18)21(27)24-12-10-23(15-26)11-13-24/h2-9,15-16H,10-14H2,1H3. The molecule has 6 heteroatoms. The molecule has 0 aliphatic carbocycles. The van der Waals surface area contributed by atoms with Gasteiger partial charge in [0.25, 0.3) is 11.8 Å². The number of anilines is 1. The highest BCUT2D eigenvalue weighted by Crippen LogP contribution is 2.33. The summed E-state index contributed by atoms with van der Waals surface area (Å²) in [6.45, 7) is 4.21. The van der Waals surface area contributed by atoms with Gasteiger partial charge in [-0.1, -0.05) is 18.2 Å². The van der Waals surface area contributed by atoms with Crippen molar-refractivity contribution in [3.63, 3.8) is 0 Å². The lowest BCUT2D eigenvalue weighted by atomic mass is 10.1. The Kier molecular flexibility index (Phi) is 4.86. The van der Waals surface area contributed by atoms with Gasteiger partial charge in [-0.15, -0.1) is 0 Å². The Morgan fingerprint density at radius 1 is 0.893 bits per heavy atom. The van der Waals surface area contributed by atoms with Crippen LogP contribution in [0.15, 0.2) is 48.5 Å². The molecule has 6 nitrogen and oxygen atoms in total. The van der Waals surface area contributed by atoms with Crippen LogP contribution in [0.2, 0.25) is 0 Å². The van der Waals surface area contributed by atoms with E-state index in [9.17, 15) is 14.4 Å². The number of hydrogen-bond acceptors (Lipinski definition) is 3. The molecule has 2 aliphatic rings. The summed E-state index contributed by atoms with van der Waals surface area (Å²) in [4.78, 5) is 41.8. The van der Waals surface area contributed by atoms with Crippen molar-refractivity contribution < 1.29 is 14.4 Å². The number of piperazine rings is 1. The Labute approximate surface area is 164 Å². The van der Waals surface area contributed by atoms with E-state index in [1.165, 1.54) is 5.56 Å². The van der Waals surface area contributed by atoms with Gasteiger partial charge in [-0.25, -0.2) is 0 Å². The van der Waals surface area contributed by atoms with Crippen LogP contribution in [0.3, 0.4) is 0 Å². The fourth-order valence-electron chi connectivity index (χ4n) is 3.98. The van der Waals surface area contributed by atoms with Crippen LogP contribution in [-0.2, 0) is 11.2 Å². The quantitative estimate of drug-likeness (QED) is 0.771. The first-order valence-electron chi connectivity index (χ1n) is 9.58. The number of hydrogen-bond donors (Lipinski definition) is 0. The number of amides is 3. The van der Waals surface area contributed by atoms with E-state index in [0.717, 1.165) is 18.5 Å². The molecule has 3 amide bonds. The third kappa shape index (κ3) is 3.26. The van der Waals surface area contributed by atoms with Crippen molar-refractivity contribution in [3.8, 4) is 0 Å². The molecule has 28 heavy (non-hydrogen) atoms. The number of carbonyl (C=O) groups is 3. The lowest BCUT2D eigenvalue weighted by molar-refractivity contribution is -0.119. The minimum absolute atomic E-state index is 0.0453. The van der Waals surface area contributed by atoms with Gasteiger partial charge in [0.1, 0.15) is 0 Å². The zero-order valence-corrected chi connectivity index (χ0v) is 15.9. The second-order valence-electron chi connectivity index (χ2n) is 7.37. The monoisotopic (exact) mass is 377 g/mol. The SMILES string of the molecule is CC1Cc2ccccc2N1C(=O)c1ccc(C(=O)N2CCN(C=O)CC2)cc1. The minimum atomic E-state index is -0.0653. The molecule has 0 bridgehead atoms. The molecule has 2 heterocycles. The summed E-state index contributed by atoms with van der Waals surface area (Å²) >= 11 is 0. The van der Waals surface area contributed by atoms with Crippen molar-refractivity contribution in [2.24, 2.45) is 0 Å². The van der Waals surface area contributed by atoms with E-state index in [1.807, 2.05) is 23.1 Å². The van der Waals surface area contributed by atoms with Crippen molar-refractivity contribution in [1.82, 2.24) is 9.80 Å². The zero-order chi connectivity index (χ0) is 19.7. The Balaban J connectivity index is 1.48. The molecule has 0 saturated carbocycles. The summed E-state index contributed by atoms with van der Waals surface area (Å²) in [5.41, 5.74) is 3.29. The molecule has 144 valence electrons. The van der Waals surface area contributed by atoms with Crippen molar-refractivity contribution in [3.05, 3.63) is 65.2 Å². The topological polar surface area (TPSA) is 60.9 Å². The lowest BCUT2D eigenvalue weighted by Gasteiger charge is -2.32. The average molecular weight is 377 g/mol. The van der Waals surface area contributed by atoms with Crippen LogP contribution in [0.5, 0.6) is 0 Å². The van der Waals surface area contributed by atoms with Gasteiger partial charge < -0.3 is 14.7 Å². The van der Waals surface area contributed by atoms with Crippen LogP contribution in [0.4, 0.5) is 5.69 Å². The van der Waals surface area contributed by atoms with Gasteiger partial charge in [-0.3, -0.25) is 14.4 Å². The maximum absolute atomic E-state index is 13.1. The number of fused-ring (bicyclic) bond motifs is 1. The molecule has 0 aromatic heterocycles. The summed E-state index contributed by atoms with van der Waals surface area (Å²) in [5, 5.41) is 0. The maximum atomic E-state index is 13.1. The van der Waals surface area contributed by atoms with Gasteiger partial charge in [0.2, 0.25) is 6.41 Å². The molecule has 0 radical (unpaired) electrons. The third-order valence-corrected chi connectivity index (χ3v) is 5.56. The molecule has 0 spiro atoms. The van der Waals surface area contributed by atoms with Crippen LogP contribution in [0.1, 0.15) is 33.2 Å². The zero-order valence-electron chi connectivity index (χ0n) is 15.9. The van der Waals surface area contributed by atoms with Crippen molar-refractivity contribution in [2.75, 3.05) is 31.1 Å². The highest BCUT2D eigenvalue weighted by molar-refractivity contribution is 6.08. The van der Waals surface area contributed by atoms with E-state index in [1.54, 1.807) is 34.1 Å². The summed E-state index contributed by atoms with van der Waals surface area (Å²) < 4.78 is 0. The number of para-hydroxylation sites is 1. The smallest absolute Gasteiger partial charge is 0.258 e. The number of nitrogens with zero attached hydrogens (tertiary/aromatic N) is 3. The van der Waals surface area contributed by atoms with Gasteiger partial charge in [-0.2, -0.15) is 0 Å². The van der Waals surface area contributed by atoms with E-state index in [2.05, 4.69) is 13.0 Å². The lowest BCUT2D eigenvalue weighted by Crippen LogP contribution is -2.48. The number of carbonyl (C=O) groups excluding carboxylic acids is 3. The van der Waals surface area contributed by atoms with Crippen LogP contribution in [0, 0.1) is 0 Å². The average Bonchev–Trinajstić information content (AvgIpc) is 3.08. The Morgan fingerprint density at radius 3 is 2.14 bits per heavy atom. The fourth-order valence-corrected chi connectivity index (χ4v) is 3.98. The molecular weight excluding hydrogens is 354 g/mol. The van der Waals surface area contributed by atoms with Gasteiger partial charge in [0.15, 0.2) is 0 Å². The largest absolute Gasteiger partial charge is 0.342 e. The predicted octanol–water partition coefficient (Wildman–Crippen LogP) is 2.19. The second-order valence-corrected chi connectivity index (χ2v) is 7.37. The van der Waals surface area contributed by atoms with Crippen molar-refractivity contribution in [2.45, 2.75) is 19.4 Å². The third-order valence-electron chi connectivity index (χ3n) is 5.56. The Bertz CT molecular complexity index is 901. The normalized spacial score (nSPS) is 18.8. The van der Waals surface area contributed by atoms with Crippen LogP contribution >= 0.6 is 0 Å². The molecule has 1 unspecified atom stereocenters. The first-order chi connectivity index (χ1) is 13.6. The van der Waals surface area contributed by atoms with Gasteiger partial charge >= 0.3 is 0 Å². The predicted molar refractivity (Wildman–Crippen MR) is 106 cm³/mol. The summed E-state index contributed by atoms with van der Waals surface area (Å²) in [6, 6.07) is 15.0. The highest BCUT2D eigenvalue weighted by Gasteiger charge is 2.31. The van der Waals surface area contributed by atoms with E-state index < -0.39 is 0 Å². The first-order valence-corrected chi connectivity index (χ1v) is 9.58. The van der Waals surface area contributed by atoms with E-state index >= 15 is 0 Å². The first kappa shape index (κ1) is 18.2. The van der Waals surface area contributed by atoms with Crippen LogP contribution < -0.4 is 4.90 Å². The minimum Gasteiger partial charge on any atom is -0.342 e. The van der Waals surface area contributed by atoms with Crippen molar-refractivity contribution in [1.29, 1.82) is 0 Å². The molecular formula is C22H23N3O3. The summed E-state index contributed by atoms with van der Waals surface area (Å²) in [7, 11) is 0. The van der Waals surface area contributed by atoms with Crippen LogP contribution in [-0.4, -0.2) is 60.2 Å². The molecule has 2 aromatic rings. The number of benzene rings is 2. The van der Waals surface area contributed by atoms with Gasteiger partial charge in [-0.05, 0) is 49.2 Å². The maximum Gasteiger partial charge on any atom is 0.258 e. The Morgan fingerprint density at radius 2 is 1.50 bits per heavy atom. The molecule has 1 saturated heterocycles. The highest BCUT2D eigenvalue weighted by atomic mass is 16.2. The van der Waals surface area contributed by atoms with E-state index in [0.29, 0.717) is 37.3 Å². The molecule has 1 fully saturated rings. The fraction of sp³-hybridized carbons (Fsp3) is 0.318. The summed E-state index contributed by atoms with van der Waals surface area (Å²) in [6.07, 6.45) is 1.67. The van der Waals surface area contributed by atoms with E-state index in [4.69, 9.17) is 0 Å². The molecule has 2 aliphatic heterocycles. The molecule has 4 rings (SSSR count). The second kappa shape index (κ2) is 7.46. The van der Waals surface area contributed by atoms with Crippen molar-refractivity contribution >= 4 is 23.9 Å². The Hall–Kier alpha value is -3.15. The molecule has 0 N–H and O–H groups in total.